The Kier molecular flexibility index (Phi) is 4.92. The van der Waals surface area contributed by atoms with Crippen LogP contribution in [0.2, 0.25) is 0 Å². The van der Waals surface area contributed by atoms with E-state index in [9.17, 15) is 10.1 Å². The molecule has 4 N–H and O–H groups in total. The molecule has 0 saturated carbocycles. The molecule has 0 spiro atoms. The number of hydrazone groups is 1. The van der Waals surface area contributed by atoms with Crippen molar-refractivity contribution in [3.63, 3.8) is 0 Å². The Labute approximate surface area is 154 Å². The number of aromatic nitrogens is 2. The van der Waals surface area contributed by atoms with E-state index >= 15 is 0 Å². The maximum atomic E-state index is 12.2. The van der Waals surface area contributed by atoms with Crippen molar-refractivity contribution < 1.29 is 0 Å². The van der Waals surface area contributed by atoms with Gasteiger partial charge < -0.3 is 5.73 Å². The lowest BCUT2D eigenvalue weighted by Gasteiger charge is -2.06. The minimum absolute atomic E-state index is 0.0760. The first kappa shape index (κ1) is 17.4. The number of nitriles is 2. The highest BCUT2D eigenvalue weighted by atomic mass is 16.1. The second kappa shape index (κ2) is 7.64. The molecular formula is C19H13N7O. The maximum Gasteiger partial charge on any atom is 0.270 e. The average molecular weight is 355 g/mol. The van der Waals surface area contributed by atoms with Crippen LogP contribution in [-0.4, -0.2) is 16.2 Å². The van der Waals surface area contributed by atoms with Crippen LogP contribution in [0.5, 0.6) is 0 Å². The first-order chi connectivity index (χ1) is 13.1. The van der Waals surface area contributed by atoms with Crippen LogP contribution in [0.1, 0.15) is 16.7 Å². The molecule has 8 nitrogen and oxygen atoms in total. The standard InChI is InChI=1S/C19H13N7O/c20-9-14-8-12(6-7-16(14)22)11-23-26-19-24-17(13-4-2-1-3-5-13)15(10-21)18(27)25-19/h1-8,11H,22H2,(H2,24,25,26,27). The minimum atomic E-state index is -0.566. The number of nitrogen functional groups attached to an aromatic ring is 1. The van der Waals surface area contributed by atoms with Crippen molar-refractivity contribution >= 4 is 17.9 Å². The molecule has 0 aliphatic carbocycles. The minimum Gasteiger partial charge on any atom is -0.398 e. The summed E-state index contributed by atoms with van der Waals surface area (Å²) >= 11 is 0. The topological polar surface area (TPSA) is 144 Å². The first-order valence-electron chi connectivity index (χ1n) is 7.81. The molecule has 0 saturated heterocycles. The number of H-pyrrole nitrogens is 1. The molecule has 0 amide bonds. The van der Waals surface area contributed by atoms with Crippen LogP contribution in [0.25, 0.3) is 11.3 Å². The second-order valence-corrected chi connectivity index (χ2v) is 5.44. The molecule has 0 unspecified atom stereocenters. The molecule has 130 valence electrons. The van der Waals surface area contributed by atoms with Crippen molar-refractivity contribution in [2.75, 3.05) is 11.2 Å². The van der Waals surface area contributed by atoms with E-state index in [1.54, 1.807) is 42.5 Å². The summed E-state index contributed by atoms with van der Waals surface area (Å²) in [4.78, 5) is 18.9. The highest BCUT2D eigenvalue weighted by Crippen LogP contribution is 2.19. The molecular weight excluding hydrogens is 342 g/mol. The fourth-order valence-electron chi connectivity index (χ4n) is 2.35. The largest absolute Gasteiger partial charge is 0.398 e. The molecule has 2 aromatic carbocycles. The first-order valence-corrected chi connectivity index (χ1v) is 7.81. The van der Waals surface area contributed by atoms with Gasteiger partial charge in [-0.2, -0.15) is 15.6 Å². The molecule has 1 heterocycles. The third-order valence-corrected chi connectivity index (χ3v) is 3.66. The zero-order valence-electron chi connectivity index (χ0n) is 14.0. The van der Waals surface area contributed by atoms with E-state index in [4.69, 9.17) is 11.0 Å². The number of benzene rings is 2. The highest BCUT2D eigenvalue weighted by Gasteiger charge is 2.12. The molecule has 3 aromatic rings. The smallest absolute Gasteiger partial charge is 0.270 e. The zero-order chi connectivity index (χ0) is 19.2. The van der Waals surface area contributed by atoms with Gasteiger partial charge >= 0.3 is 0 Å². The number of hydrogen-bond donors (Lipinski definition) is 3. The van der Waals surface area contributed by atoms with Crippen molar-refractivity contribution in [2.45, 2.75) is 0 Å². The van der Waals surface area contributed by atoms with Crippen LogP contribution in [0.15, 0.2) is 58.4 Å². The lowest BCUT2D eigenvalue weighted by atomic mass is 10.1. The normalized spacial score (nSPS) is 10.3. The lowest BCUT2D eigenvalue weighted by Crippen LogP contribution is -2.16. The van der Waals surface area contributed by atoms with Gasteiger partial charge in [0, 0.05) is 11.3 Å². The van der Waals surface area contributed by atoms with E-state index in [-0.39, 0.29) is 17.2 Å². The van der Waals surface area contributed by atoms with Gasteiger partial charge in [0.25, 0.3) is 5.56 Å². The Balaban J connectivity index is 1.90. The lowest BCUT2D eigenvalue weighted by molar-refractivity contribution is 1.08. The number of nitrogens with zero attached hydrogens (tertiary/aromatic N) is 4. The van der Waals surface area contributed by atoms with Gasteiger partial charge in [-0.3, -0.25) is 9.78 Å². The summed E-state index contributed by atoms with van der Waals surface area (Å²) in [6.45, 7) is 0. The van der Waals surface area contributed by atoms with E-state index < -0.39 is 5.56 Å². The van der Waals surface area contributed by atoms with Gasteiger partial charge in [-0.05, 0) is 17.7 Å². The van der Waals surface area contributed by atoms with Gasteiger partial charge in [-0.1, -0.05) is 36.4 Å². The molecule has 0 aliphatic heterocycles. The summed E-state index contributed by atoms with van der Waals surface area (Å²) in [6, 6.07) is 17.7. The van der Waals surface area contributed by atoms with Gasteiger partial charge in [-0.15, -0.1) is 0 Å². The third-order valence-electron chi connectivity index (χ3n) is 3.66. The summed E-state index contributed by atoms with van der Waals surface area (Å²) in [5.41, 5.74) is 9.94. The summed E-state index contributed by atoms with van der Waals surface area (Å²) in [5.74, 6) is 0.0880. The average Bonchev–Trinajstić information content (AvgIpc) is 2.69. The number of nitrogens with one attached hydrogen (secondary N) is 2. The molecule has 0 bridgehead atoms. The molecule has 1 aromatic heterocycles. The van der Waals surface area contributed by atoms with Crippen molar-refractivity contribution in [2.24, 2.45) is 5.10 Å². The van der Waals surface area contributed by atoms with Crippen LogP contribution >= 0.6 is 0 Å². The second-order valence-electron chi connectivity index (χ2n) is 5.44. The number of anilines is 2. The Bertz CT molecular complexity index is 1150. The van der Waals surface area contributed by atoms with Gasteiger partial charge in [0.15, 0.2) is 0 Å². The van der Waals surface area contributed by atoms with E-state index in [2.05, 4.69) is 20.5 Å². The number of rotatable bonds is 4. The fourth-order valence-corrected chi connectivity index (χ4v) is 2.35. The van der Waals surface area contributed by atoms with E-state index in [0.717, 1.165) is 0 Å². The molecule has 0 aliphatic rings. The van der Waals surface area contributed by atoms with Crippen molar-refractivity contribution in [1.82, 2.24) is 9.97 Å². The maximum absolute atomic E-state index is 12.2. The number of aromatic amines is 1. The van der Waals surface area contributed by atoms with Gasteiger partial charge in [0.2, 0.25) is 5.95 Å². The Morgan fingerprint density at radius 2 is 1.93 bits per heavy atom. The Hall–Kier alpha value is -4.43. The van der Waals surface area contributed by atoms with E-state index in [0.29, 0.717) is 22.4 Å². The monoisotopic (exact) mass is 355 g/mol. The van der Waals surface area contributed by atoms with Crippen molar-refractivity contribution in [1.29, 1.82) is 10.5 Å². The highest BCUT2D eigenvalue weighted by molar-refractivity contribution is 5.82. The molecule has 0 atom stereocenters. The number of hydrogen-bond acceptors (Lipinski definition) is 7. The van der Waals surface area contributed by atoms with Gasteiger partial charge in [0.05, 0.1) is 17.5 Å². The van der Waals surface area contributed by atoms with Crippen LogP contribution < -0.4 is 16.7 Å². The quantitative estimate of drug-likeness (QED) is 0.372. The Morgan fingerprint density at radius 1 is 1.15 bits per heavy atom. The SMILES string of the molecule is N#Cc1cc(C=NNc2nc(-c3ccccc3)c(C#N)c(=O)[nH]2)ccc1N. The van der Waals surface area contributed by atoms with E-state index in [1.807, 2.05) is 18.2 Å². The Morgan fingerprint density at radius 3 is 2.63 bits per heavy atom. The third kappa shape index (κ3) is 3.81. The number of nitrogens with two attached hydrogens (primary N) is 1. The molecule has 0 fully saturated rings. The van der Waals surface area contributed by atoms with Crippen LogP contribution in [0.3, 0.4) is 0 Å². The van der Waals surface area contributed by atoms with Crippen molar-refractivity contribution in [3.05, 3.63) is 75.6 Å². The van der Waals surface area contributed by atoms with Crippen molar-refractivity contribution in [3.8, 4) is 23.4 Å². The molecule has 3 rings (SSSR count). The van der Waals surface area contributed by atoms with E-state index in [1.165, 1.54) is 6.21 Å². The molecule has 0 radical (unpaired) electrons. The summed E-state index contributed by atoms with van der Waals surface area (Å²) in [7, 11) is 0. The summed E-state index contributed by atoms with van der Waals surface area (Å²) in [6.07, 6.45) is 1.46. The van der Waals surface area contributed by atoms with Crippen LogP contribution in [-0.2, 0) is 0 Å². The zero-order valence-corrected chi connectivity index (χ0v) is 14.0. The summed E-state index contributed by atoms with van der Waals surface area (Å²) in [5, 5.41) is 22.3. The summed E-state index contributed by atoms with van der Waals surface area (Å²) < 4.78 is 0. The van der Waals surface area contributed by atoms with Crippen LogP contribution in [0.4, 0.5) is 11.6 Å². The predicted molar refractivity (Wildman–Crippen MR) is 102 cm³/mol. The van der Waals surface area contributed by atoms with Gasteiger partial charge in [0.1, 0.15) is 17.7 Å². The van der Waals surface area contributed by atoms with Gasteiger partial charge in [-0.25, -0.2) is 10.4 Å². The fraction of sp³-hybridized carbons (Fsp3) is 0. The van der Waals surface area contributed by atoms with Crippen LogP contribution in [0, 0.1) is 22.7 Å². The predicted octanol–water partition coefficient (Wildman–Crippen LogP) is 2.21. The molecule has 8 heteroatoms. The molecule has 27 heavy (non-hydrogen) atoms.